The number of ether oxygens (including phenoxy) is 2. The molecular formula is C17H14ClN5O2. The Morgan fingerprint density at radius 3 is 2.56 bits per heavy atom. The van der Waals surface area contributed by atoms with Gasteiger partial charge in [-0.05, 0) is 36.4 Å². The van der Waals surface area contributed by atoms with Gasteiger partial charge in [-0.2, -0.15) is 4.52 Å². The van der Waals surface area contributed by atoms with Crippen LogP contribution in [-0.4, -0.2) is 33.8 Å². The minimum Gasteiger partial charge on any atom is -0.493 e. The van der Waals surface area contributed by atoms with E-state index in [1.165, 1.54) is 4.52 Å². The lowest BCUT2D eigenvalue weighted by molar-refractivity contribution is 0.355. The Hall–Kier alpha value is -3.06. The fourth-order valence-electron chi connectivity index (χ4n) is 2.70. The van der Waals surface area contributed by atoms with Gasteiger partial charge in [0.15, 0.2) is 23.0 Å². The summed E-state index contributed by atoms with van der Waals surface area (Å²) in [6.07, 6.45) is 0. The Kier molecular flexibility index (Phi) is 3.58. The maximum absolute atomic E-state index is 6.11. The van der Waals surface area contributed by atoms with Crippen LogP contribution in [0.3, 0.4) is 0 Å². The maximum atomic E-state index is 6.11. The predicted molar refractivity (Wildman–Crippen MR) is 96.3 cm³/mol. The molecule has 2 N–H and O–H groups in total. The van der Waals surface area contributed by atoms with E-state index in [9.17, 15) is 0 Å². The molecule has 126 valence electrons. The summed E-state index contributed by atoms with van der Waals surface area (Å²) < 4.78 is 12.1. The van der Waals surface area contributed by atoms with E-state index in [0.717, 1.165) is 10.9 Å². The molecule has 0 bridgehead atoms. The molecule has 0 amide bonds. The van der Waals surface area contributed by atoms with Gasteiger partial charge < -0.3 is 15.2 Å². The molecule has 0 aliphatic heterocycles. The molecule has 2 heterocycles. The molecule has 0 saturated heterocycles. The van der Waals surface area contributed by atoms with E-state index in [1.807, 2.05) is 12.1 Å². The number of nitrogens with zero attached hydrogens (tertiary/aromatic N) is 4. The van der Waals surface area contributed by atoms with Crippen LogP contribution in [0.4, 0.5) is 5.95 Å². The summed E-state index contributed by atoms with van der Waals surface area (Å²) in [5, 5.41) is 5.84. The van der Waals surface area contributed by atoms with Gasteiger partial charge in [0.1, 0.15) is 0 Å². The van der Waals surface area contributed by atoms with Crippen LogP contribution in [0.25, 0.3) is 27.9 Å². The molecule has 2 aromatic carbocycles. The number of anilines is 1. The van der Waals surface area contributed by atoms with Gasteiger partial charge in [0.2, 0.25) is 5.95 Å². The molecule has 0 aliphatic rings. The van der Waals surface area contributed by atoms with Crippen molar-refractivity contribution >= 4 is 34.1 Å². The summed E-state index contributed by atoms with van der Waals surface area (Å²) in [6.45, 7) is 0. The largest absolute Gasteiger partial charge is 0.493 e. The van der Waals surface area contributed by atoms with Crippen molar-refractivity contribution < 1.29 is 9.47 Å². The number of nitrogens with two attached hydrogens (primary N) is 1. The van der Waals surface area contributed by atoms with Gasteiger partial charge >= 0.3 is 0 Å². The number of methoxy groups -OCH3 is 2. The van der Waals surface area contributed by atoms with Crippen LogP contribution in [0.5, 0.6) is 11.5 Å². The second kappa shape index (κ2) is 5.78. The van der Waals surface area contributed by atoms with Gasteiger partial charge in [-0.25, -0.2) is 9.97 Å². The first-order valence-electron chi connectivity index (χ1n) is 7.44. The van der Waals surface area contributed by atoms with E-state index >= 15 is 0 Å². The molecule has 0 fully saturated rings. The average molecular weight is 356 g/mol. The second-order valence-electron chi connectivity index (χ2n) is 5.37. The third-order valence-electron chi connectivity index (χ3n) is 3.90. The van der Waals surface area contributed by atoms with E-state index in [2.05, 4.69) is 15.1 Å². The van der Waals surface area contributed by atoms with E-state index in [4.69, 9.17) is 26.8 Å². The molecule has 0 atom stereocenters. The maximum Gasteiger partial charge on any atom is 0.223 e. The van der Waals surface area contributed by atoms with Crippen molar-refractivity contribution in [3.63, 3.8) is 0 Å². The van der Waals surface area contributed by atoms with Crippen molar-refractivity contribution in [2.45, 2.75) is 0 Å². The highest BCUT2D eigenvalue weighted by Crippen LogP contribution is 2.32. The quantitative estimate of drug-likeness (QED) is 0.607. The summed E-state index contributed by atoms with van der Waals surface area (Å²) in [6, 6.07) is 10.8. The first-order valence-corrected chi connectivity index (χ1v) is 7.82. The number of benzene rings is 2. The van der Waals surface area contributed by atoms with Crippen LogP contribution >= 0.6 is 11.6 Å². The van der Waals surface area contributed by atoms with Crippen LogP contribution < -0.4 is 15.2 Å². The first kappa shape index (κ1) is 15.5. The minimum atomic E-state index is 0.254. The molecule has 0 aliphatic carbocycles. The van der Waals surface area contributed by atoms with Crippen molar-refractivity contribution in [3.05, 3.63) is 41.4 Å². The molecule has 4 aromatic rings. The Morgan fingerprint density at radius 2 is 1.80 bits per heavy atom. The standard InChI is InChI=1S/C17H14ClN5O2/c1-24-13-6-3-9(7-14(13)25-2)15-21-16-11-8-10(18)4-5-12(11)20-17(19)23(16)22-15/h3-8H,1-2H3,(H2,19,20). The molecule has 2 aromatic heterocycles. The van der Waals surface area contributed by atoms with Crippen molar-refractivity contribution in [1.82, 2.24) is 19.6 Å². The Labute approximate surface area is 148 Å². The monoisotopic (exact) mass is 355 g/mol. The molecule has 0 unspecified atom stereocenters. The molecule has 0 radical (unpaired) electrons. The Morgan fingerprint density at radius 1 is 1.00 bits per heavy atom. The number of aromatic nitrogens is 4. The topological polar surface area (TPSA) is 87.6 Å². The zero-order chi connectivity index (χ0) is 17.6. The average Bonchev–Trinajstić information content (AvgIpc) is 3.08. The number of rotatable bonds is 3. The SMILES string of the molecule is COc1ccc(-c2nc3c4cc(Cl)ccc4nc(N)n3n2)cc1OC. The lowest BCUT2D eigenvalue weighted by Gasteiger charge is -2.07. The Balaban J connectivity index is 1.96. The van der Waals surface area contributed by atoms with Gasteiger partial charge in [-0.3, -0.25) is 0 Å². The van der Waals surface area contributed by atoms with Gasteiger partial charge in [-0.15, -0.1) is 5.10 Å². The minimum absolute atomic E-state index is 0.254. The highest BCUT2D eigenvalue weighted by molar-refractivity contribution is 6.31. The van der Waals surface area contributed by atoms with Crippen LogP contribution in [0.2, 0.25) is 5.02 Å². The molecule has 0 saturated carbocycles. The number of hydrogen-bond donors (Lipinski definition) is 1. The van der Waals surface area contributed by atoms with E-state index in [1.54, 1.807) is 38.5 Å². The number of nitrogen functional groups attached to an aromatic ring is 1. The van der Waals surface area contributed by atoms with Crippen molar-refractivity contribution in [3.8, 4) is 22.9 Å². The van der Waals surface area contributed by atoms with Gasteiger partial charge in [-0.1, -0.05) is 11.6 Å². The van der Waals surface area contributed by atoms with Crippen molar-refractivity contribution in [2.75, 3.05) is 20.0 Å². The number of fused-ring (bicyclic) bond motifs is 3. The van der Waals surface area contributed by atoms with Crippen LogP contribution in [0.15, 0.2) is 36.4 Å². The fourth-order valence-corrected chi connectivity index (χ4v) is 2.87. The summed E-state index contributed by atoms with van der Waals surface area (Å²) in [5.74, 6) is 1.98. The third-order valence-corrected chi connectivity index (χ3v) is 4.14. The van der Waals surface area contributed by atoms with E-state index in [-0.39, 0.29) is 5.95 Å². The predicted octanol–water partition coefficient (Wildman–Crippen LogP) is 3.20. The zero-order valence-corrected chi connectivity index (χ0v) is 14.3. The van der Waals surface area contributed by atoms with Crippen LogP contribution in [0.1, 0.15) is 0 Å². The second-order valence-corrected chi connectivity index (χ2v) is 5.81. The molecule has 0 spiro atoms. The molecular weight excluding hydrogens is 342 g/mol. The third kappa shape index (κ3) is 2.49. The normalized spacial score (nSPS) is 11.2. The lowest BCUT2D eigenvalue weighted by Crippen LogP contribution is -2.02. The highest BCUT2D eigenvalue weighted by atomic mass is 35.5. The van der Waals surface area contributed by atoms with Crippen molar-refractivity contribution in [1.29, 1.82) is 0 Å². The summed E-state index contributed by atoms with van der Waals surface area (Å²) in [5.41, 5.74) is 8.10. The highest BCUT2D eigenvalue weighted by Gasteiger charge is 2.15. The zero-order valence-electron chi connectivity index (χ0n) is 13.5. The van der Waals surface area contributed by atoms with E-state index < -0.39 is 0 Å². The lowest BCUT2D eigenvalue weighted by atomic mass is 10.2. The molecule has 8 heteroatoms. The van der Waals surface area contributed by atoms with Gasteiger partial charge in [0, 0.05) is 16.0 Å². The van der Waals surface area contributed by atoms with Crippen LogP contribution in [-0.2, 0) is 0 Å². The number of hydrogen-bond acceptors (Lipinski definition) is 6. The van der Waals surface area contributed by atoms with Crippen LogP contribution in [0, 0.1) is 0 Å². The fraction of sp³-hybridized carbons (Fsp3) is 0.118. The number of halogens is 1. The molecule has 7 nitrogen and oxygen atoms in total. The van der Waals surface area contributed by atoms with E-state index in [0.29, 0.717) is 33.5 Å². The van der Waals surface area contributed by atoms with Crippen molar-refractivity contribution in [2.24, 2.45) is 0 Å². The Bertz CT molecular complexity index is 1110. The summed E-state index contributed by atoms with van der Waals surface area (Å²) in [4.78, 5) is 8.97. The summed E-state index contributed by atoms with van der Waals surface area (Å²) in [7, 11) is 3.17. The molecule has 25 heavy (non-hydrogen) atoms. The smallest absolute Gasteiger partial charge is 0.223 e. The molecule has 4 rings (SSSR count). The van der Waals surface area contributed by atoms with Gasteiger partial charge in [0.05, 0.1) is 19.7 Å². The van der Waals surface area contributed by atoms with Gasteiger partial charge in [0.25, 0.3) is 0 Å². The summed E-state index contributed by atoms with van der Waals surface area (Å²) >= 11 is 6.11. The first-order chi connectivity index (χ1) is 12.1.